The van der Waals surface area contributed by atoms with Crippen molar-refractivity contribution in [3.05, 3.63) is 94.7 Å². The molecule has 4 rings (SSSR count). The second-order valence-corrected chi connectivity index (χ2v) is 7.30. The Bertz CT molecular complexity index is 1010. The molecule has 0 amide bonds. The van der Waals surface area contributed by atoms with Crippen LogP contribution in [-0.4, -0.2) is 20.3 Å². The Labute approximate surface area is 169 Å². The average Bonchev–Trinajstić information content (AvgIpc) is 3.31. The molecule has 2 aromatic carbocycles. The van der Waals surface area contributed by atoms with Gasteiger partial charge >= 0.3 is 0 Å². The Balaban J connectivity index is 1.26. The summed E-state index contributed by atoms with van der Waals surface area (Å²) >= 11 is 1.49. The topological polar surface area (TPSA) is 77.8 Å². The molecule has 0 aliphatic carbocycles. The summed E-state index contributed by atoms with van der Waals surface area (Å²) in [6, 6.07) is 12.6. The van der Waals surface area contributed by atoms with Crippen LogP contribution < -0.4 is 0 Å². The van der Waals surface area contributed by atoms with Gasteiger partial charge < -0.3 is 9.05 Å². The van der Waals surface area contributed by atoms with Gasteiger partial charge in [0.15, 0.2) is 11.6 Å². The first-order chi connectivity index (χ1) is 14.1. The van der Waals surface area contributed by atoms with E-state index in [1.165, 1.54) is 36.0 Å². The van der Waals surface area contributed by atoms with Crippen LogP contribution in [0.5, 0.6) is 0 Å². The number of hydrogen-bond acceptors (Lipinski definition) is 7. The van der Waals surface area contributed by atoms with Crippen LogP contribution in [0.4, 0.5) is 8.78 Å². The van der Waals surface area contributed by atoms with E-state index in [0.717, 1.165) is 11.1 Å². The van der Waals surface area contributed by atoms with E-state index in [-0.39, 0.29) is 11.6 Å². The highest BCUT2D eigenvalue weighted by molar-refractivity contribution is 7.97. The molecule has 29 heavy (non-hydrogen) atoms. The predicted molar refractivity (Wildman–Crippen MR) is 102 cm³/mol. The van der Waals surface area contributed by atoms with Crippen LogP contribution in [0.25, 0.3) is 0 Å². The number of hydrogen-bond donors (Lipinski definition) is 0. The van der Waals surface area contributed by atoms with E-state index in [0.29, 0.717) is 47.8 Å². The van der Waals surface area contributed by atoms with Gasteiger partial charge in [0.1, 0.15) is 11.6 Å². The monoisotopic (exact) mass is 414 g/mol. The normalized spacial score (nSPS) is 11.1. The highest BCUT2D eigenvalue weighted by Crippen LogP contribution is 2.18. The van der Waals surface area contributed by atoms with Crippen molar-refractivity contribution in [3.63, 3.8) is 0 Å². The minimum absolute atomic E-state index is 0.293. The molecule has 0 unspecified atom stereocenters. The van der Waals surface area contributed by atoms with Gasteiger partial charge in [0, 0.05) is 12.8 Å². The van der Waals surface area contributed by atoms with E-state index >= 15 is 0 Å². The molecule has 0 saturated carbocycles. The number of aromatic nitrogens is 4. The molecular weight excluding hydrogens is 398 g/mol. The molecule has 0 atom stereocenters. The van der Waals surface area contributed by atoms with Crippen molar-refractivity contribution in [1.82, 2.24) is 20.3 Å². The predicted octanol–water partition coefficient (Wildman–Crippen LogP) is 4.35. The van der Waals surface area contributed by atoms with Gasteiger partial charge in [-0.2, -0.15) is 9.97 Å². The van der Waals surface area contributed by atoms with Crippen molar-refractivity contribution >= 4 is 11.8 Å². The first kappa shape index (κ1) is 19.3. The number of halogens is 2. The first-order valence-corrected chi connectivity index (χ1v) is 9.99. The number of rotatable bonds is 8. The summed E-state index contributed by atoms with van der Waals surface area (Å²) < 4.78 is 36.9. The lowest BCUT2D eigenvalue weighted by atomic mass is 10.1. The molecule has 6 nitrogen and oxygen atoms in total. The van der Waals surface area contributed by atoms with E-state index in [4.69, 9.17) is 9.05 Å². The summed E-state index contributed by atoms with van der Waals surface area (Å²) in [6.45, 7) is 0. The Morgan fingerprint density at radius 1 is 0.724 bits per heavy atom. The van der Waals surface area contributed by atoms with Gasteiger partial charge in [0.05, 0.1) is 11.5 Å². The lowest BCUT2D eigenvalue weighted by Gasteiger charge is -1.96. The van der Waals surface area contributed by atoms with Crippen LogP contribution in [0.15, 0.2) is 57.6 Å². The molecule has 0 bridgehead atoms. The molecule has 0 aliphatic heterocycles. The van der Waals surface area contributed by atoms with Gasteiger partial charge in [-0.25, -0.2) is 8.78 Å². The van der Waals surface area contributed by atoms with Gasteiger partial charge in [0.25, 0.3) is 0 Å². The Kier molecular flexibility index (Phi) is 5.95. The van der Waals surface area contributed by atoms with Gasteiger partial charge in [-0.3, -0.25) is 0 Å². The largest absolute Gasteiger partial charge is 0.338 e. The van der Waals surface area contributed by atoms with Crippen molar-refractivity contribution in [2.24, 2.45) is 0 Å². The van der Waals surface area contributed by atoms with Crippen LogP contribution in [0, 0.1) is 11.6 Å². The Hall–Kier alpha value is -3.07. The zero-order chi connectivity index (χ0) is 20.1. The zero-order valence-electron chi connectivity index (χ0n) is 15.2. The van der Waals surface area contributed by atoms with E-state index in [9.17, 15) is 8.78 Å². The van der Waals surface area contributed by atoms with Crippen LogP contribution >= 0.6 is 11.8 Å². The van der Waals surface area contributed by atoms with Crippen LogP contribution in [0.3, 0.4) is 0 Å². The fraction of sp³-hybridized carbons (Fsp3) is 0.200. The standard InChI is InChI=1S/C20H16F2N4O2S/c21-15-5-1-3-13(7-15)9-17-23-19(27-25-17)11-29-12-20-24-18(26-28-20)10-14-4-2-6-16(22)8-14/h1-8H,9-12H2. The third-order valence-corrected chi connectivity index (χ3v) is 4.88. The zero-order valence-corrected chi connectivity index (χ0v) is 16.0. The summed E-state index contributed by atoms with van der Waals surface area (Å²) in [4.78, 5) is 8.62. The van der Waals surface area contributed by atoms with Crippen LogP contribution in [0.2, 0.25) is 0 Å². The quantitative estimate of drug-likeness (QED) is 0.424. The molecule has 9 heteroatoms. The van der Waals surface area contributed by atoms with E-state index in [1.807, 2.05) is 12.1 Å². The van der Waals surface area contributed by atoms with E-state index < -0.39 is 0 Å². The average molecular weight is 414 g/mol. The molecule has 0 radical (unpaired) electrons. The fourth-order valence-electron chi connectivity index (χ4n) is 2.73. The highest BCUT2D eigenvalue weighted by Gasteiger charge is 2.11. The lowest BCUT2D eigenvalue weighted by molar-refractivity contribution is 0.383. The first-order valence-electron chi connectivity index (χ1n) is 8.83. The molecule has 0 fully saturated rings. The maximum absolute atomic E-state index is 13.2. The smallest absolute Gasteiger partial charge is 0.236 e. The fourth-order valence-corrected chi connectivity index (χ4v) is 3.41. The van der Waals surface area contributed by atoms with Crippen LogP contribution in [-0.2, 0) is 24.3 Å². The van der Waals surface area contributed by atoms with Gasteiger partial charge in [-0.1, -0.05) is 34.6 Å². The summed E-state index contributed by atoms with van der Waals surface area (Å²) in [7, 11) is 0. The maximum Gasteiger partial charge on any atom is 0.236 e. The molecule has 0 spiro atoms. The third-order valence-electron chi connectivity index (χ3n) is 3.97. The van der Waals surface area contributed by atoms with Crippen molar-refractivity contribution in [3.8, 4) is 0 Å². The second kappa shape index (κ2) is 8.95. The molecule has 2 aromatic heterocycles. The lowest BCUT2D eigenvalue weighted by Crippen LogP contribution is -1.92. The Morgan fingerprint density at radius 3 is 1.66 bits per heavy atom. The van der Waals surface area contributed by atoms with Crippen molar-refractivity contribution in [2.75, 3.05) is 0 Å². The van der Waals surface area contributed by atoms with Crippen molar-refractivity contribution in [1.29, 1.82) is 0 Å². The summed E-state index contributed by atoms with van der Waals surface area (Å²) in [6.07, 6.45) is 0.804. The number of benzene rings is 2. The molecule has 2 heterocycles. The molecule has 148 valence electrons. The van der Waals surface area contributed by atoms with E-state index in [2.05, 4.69) is 20.3 Å². The minimum Gasteiger partial charge on any atom is -0.338 e. The van der Waals surface area contributed by atoms with Crippen molar-refractivity contribution < 1.29 is 17.8 Å². The molecular formula is C20H16F2N4O2S. The molecule has 0 N–H and O–H groups in total. The second-order valence-electron chi connectivity index (χ2n) is 6.31. The summed E-state index contributed by atoms with van der Waals surface area (Å²) in [5, 5.41) is 7.84. The highest BCUT2D eigenvalue weighted by atomic mass is 32.2. The molecule has 0 aliphatic rings. The van der Waals surface area contributed by atoms with E-state index in [1.54, 1.807) is 12.1 Å². The molecule has 0 saturated heterocycles. The van der Waals surface area contributed by atoms with Crippen LogP contribution in [0.1, 0.15) is 34.6 Å². The van der Waals surface area contributed by atoms with Gasteiger partial charge in [-0.05, 0) is 35.4 Å². The number of nitrogens with zero attached hydrogens (tertiary/aromatic N) is 4. The third kappa shape index (κ3) is 5.47. The SMILES string of the molecule is Fc1cccc(Cc2noc(CSCc3nc(Cc4cccc(F)c4)no3)n2)c1. The number of thioether (sulfide) groups is 1. The molecule has 4 aromatic rings. The summed E-state index contributed by atoms with van der Waals surface area (Å²) in [5.74, 6) is 2.33. The van der Waals surface area contributed by atoms with Gasteiger partial charge in [-0.15, -0.1) is 11.8 Å². The Morgan fingerprint density at radius 2 is 1.21 bits per heavy atom. The van der Waals surface area contributed by atoms with Gasteiger partial charge in [0.2, 0.25) is 11.8 Å². The van der Waals surface area contributed by atoms with Crippen molar-refractivity contribution in [2.45, 2.75) is 24.3 Å². The summed E-state index contributed by atoms with van der Waals surface area (Å²) in [5.41, 5.74) is 1.56. The maximum atomic E-state index is 13.2. The minimum atomic E-state index is -0.293.